The molecule has 0 bridgehead atoms. The number of likely N-dealkylation sites (tertiary alicyclic amines) is 1. The lowest BCUT2D eigenvalue weighted by molar-refractivity contribution is -0.147. The number of benzene rings is 2. The molecule has 2 amide bonds. The third-order valence-corrected chi connectivity index (χ3v) is 6.97. The van der Waals surface area contributed by atoms with E-state index in [2.05, 4.69) is 22.6 Å². The van der Waals surface area contributed by atoms with E-state index in [1.165, 1.54) is 18.1 Å². The number of hydrogen-bond acceptors (Lipinski definition) is 6. The summed E-state index contributed by atoms with van der Waals surface area (Å²) < 4.78 is 10.5. The van der Waals surface area contributed by atoms with Gasteiger partial charge in [-0.05, 0) is 42.0 Å². The third-order valence-electron chi connectivity index (χ3n) is 6.97. The van der Waals surface area contributed by atoms with Crippen molar-refractivity contribution in [2.75, 3.05) is 13.2 Å². The molecule has 2 heterocycles. The summed E-state index contributed by atoms with van der Waals surface area (Å²) in [5.41, 5.74) is 3.54. The van der Waals surface area contributed by atoms with E-state index in [1.54, 1.807) is 0 Å². The smallest absolute Gasteiger partial charge is 0.407 e. The highest BCUT2D eigenvalue weighted by atomic mass is 16.5. The Balaban J connectivity index is 1.22. The number of nitrogens with one attached hydrogen (secondary N) is 1. The van der Waals surface area contributed by atoms with E-state index in [0.29, 0.717) is 19.4 Å². The molecule has 1 aliphatic carbocycles. The molecule has 1 aromatic heterocycles. The van der Waals surface area contributed by atoms with Crippen LogP contribution in [0.4, 0.5) is 4.79 Å². The van der Waals surface area contributed by atoms with Crippen molar-refractivity contribution in [2.24, 2.45) is 0 Å². The highest BCUT2D eigenvalue weighted by Crippen LogP contribution is 2.44. The fraction of sp³-hybridized carbons (Fsp3) is 0.308. The van der Waals surface area contributed by atoms with Crippen molar-refractivity contribution in [1.29, 1.82) is 0 Å². The zero-order valence-electron chi connectivity index (χ0n) is 19.2. The van der Waals surface area contributed by atoms with Crippen LogP contribution in [0.25, 0.3) is 11.1 Å². The van der Waals surface area contributed by atoms with E-state index in [1.807, 2.05) is 36.4 Å². The number of carboxylic acids is 1. The largest absolute Gasteiger partial charge is 0.480 e. The predicted molar refractivity (Wildman–Crippen MR) is 125 cm³/mol. The van der Waals surface area contributed by atoms with Crippen LogP contribution in [-0.2, 0) is 16.1 Å². The van der Waals surface area contributed by atoms with Crippen molar-refractivity contribution in [2.45, 2.75) is 37.8 Å². The molecule has 35 heavy (non-hydrogen) atoms. The van der Waals surface area contributed by atoms with Gasteiger partial charge >= 0.3 is 12.1 Å². The maximum atomic E-state index is 13.0. The first kappa shape index (κ1) is 22.6. The van der Waals surface area contributed by atoms with Crippen molar-refractivity contribution in [3.05, 3.63) is 77.2 Å². The summed E-state index contributed by atoms with van der Waals surface area (Å²) in [5.74, 6) is -1.61. The fourth-order valence-electron chi connectivity index (χ4n) is 5.02. The summed E-state index contributed by atoms with van der Waals surface area (Å²) in [5, 5.41) is 16.0. The van der Waals surface area contributed by atoms with Gasteiger partial charge in [-0.1, -0.05) is 53.7 Å². The molecule has 9 heteroatoms. The van der Waals surface area contributed by atoms with Crippen LogP contribution in [0.3, 0.4) is 0 Å². The number of fused-ring (bicyclic) bond motifs is 3. The summed E-state index contributed by atoms with van der Waals surface area (Å²) in [6.45, 7) is 1.93. The SMILES string of the molecule is CC1(C(=O)O)CCCN1C(=O)c1conc1CNC(=O)OCC1c2ccccc2-c2ccccc21. The van der Waals surface area contributed by atoms with Crippen molar-refractivity contribution in [3.63, 3.8) is 0 Å². The highest BCUT2D eigenvalue weighted by Gasteiger charge is 2.46. The fourth-order valence-corrected chi connectivity index (χ4v) is 5.02. The van der Waals surface area contributed by atoms with E-state index in [4.69, 9.17) is 9.26 Å². The molecular formula is C26H25N3O6. The molecule has 1 fully saturated rings. The van der Waals surface area contributed by atoms with Crippen LogP contribution in [0.5, 0.6) is 0 Å². The molecule has 2 N–H and O–H groups in total. The second kappa shape index (κ2) is 8.90. The van der Waals surface area contributed by atoms with Gasteiger partial charge in [0.2, 0.25) is 0 Å². The molecule has 0 saturated carbocycles. The molecule has 0 radical (unpaired) electrons. The highest BCUT2D eigenvalue weighted by molar-refractivity contribution is 5.98. The first-order chi connectivity index (χ1) is 16.9. The Labute approximate surface area is 201 Å². The van der Waals surface area contributed by atoms with Gasteiger partial charge < -0.3 is 24.6 Å². The monoisotopic (exact) mass is 475 g/mol. The first-order valence-electron chi connectivity index (χ1n) is 11.5. The standard InChI is InChI=1S/C26H25N3O6/c1-26(24(31)32)11-6-12-29(26)23(30)21-15-35-28-22(21)13-27-25(33)34-14-20-18-9-4-2-7-16(18)17-8-3-5-10-19(17)20/h2-5,7-10,15,20H,6,11-14H2,1H3,(H,27,33)(H,31,32). The number of amides is 2. The van der Waals surface area contributed by atoms with Gasteiger partial charge in [-0.2, -0.15) is 0 Å². The van der Waals surface area contributed by atoms with E-state index in [-0.39, 0.29) is 30.3 Å². The van der Waals surface area contributed by atoms with Crippen LogP contribution >= 0.6 is 0 Å². The van der Waals surface area contributed by atoms with Crippen molar-refractivity contribution >= 4 is 18.0 Å². The van der Waals surface area contributed by atoms with Crippen molar-refractivity contribution < 1.29 is 28.8 Å². The Bertz CT molecular complexity index is 1260. The quantitative estimate of drug-likeness (QED) is 0.556. The molecule has 1 aliphatic heterocycles. The Morgan fingerprint density at radius 2 is 1.80 bits per heavy atom. The maximum absolute atomic E-state index is 13.0. The minimum absolute atomic E-state index is 0.0683. The Morgan fingerprint density at radius 3 is 2.46 bits per heavy atom. The number of aromatic nitrogens is 1. The number of carboxylic acid groups (broad SMARTS) is 1. The number of carbonyl (C=O) groups excluding carboxylic acids is 2. The molecule has 2 aromatic carbocycles. The van der Waals surface area contributed by atoms with Crippen LogP contribution in [0.2, 0.25) is 0 Å². The lowest BCUT2D eigenvalue weighted by Crippen LogP contribution is -2.50. The lowest BCUT2D eigenvalue weighted by atomic mass is 9.98. The molecule has 3 aromatic rings. The predicted octanol–water partition coefficient (Wildman–Crippen LogP) is 3.79. The minimum atomic E-state index is -1.29. The summed E-state index contributed by atoms with van der Waals surface area (Å²) >= 11 is 0. The van der Waals surface area contributed by atoms with Crippen LogP contribution in [0.1, 0.15) is 52.9 Å². The summed E-state index contributed by atoms with van der Waals surface area (Å²) in [6.07, 6.45) is 1.49. The van der Waals surface area contributed by atoms with Crippen LogP contribution in [-0.4, -0.2) is 51.8 Å². The second-order valence-electron chi connectivity index (χ2n) is 8.99. The Kier molecular flexibility index (Phi) is 5.76. The van der Waals surface area contributed by atoms with E-state index < -0.39 is 23.5 Å². The van der Waals surface area contributed by atoms with Crippen molar-refractivity contribution in [1.82, 2.24) is 15.4 Å². The molecular weight excluding hydrogens is 450 g/mol. The summed E-state index contributed by atoms with van der Waals surface area (Å²) in [7, 11) is 0. The van der Waals surface area contributed by atoms with Gasteiger partial charge in [0, 0.05) is 12.5 Å². The van der Waals surface area contributed by atoms with Crippen LogP contribution in [0.15, 0.2) is 59.3 Å². The molecule has 5 rings (SSSR count). The minimum Gasteiger partial charge on any atom is -0.480 e. The van der Waals surface area contributed by atoms with E-state index >= 15 is 0 Å². The zero-order valence-corrected chi connectivity index (χ0v) is 19.2. The van der Waals surface area contributed by atoms with Gasteiger partial charge in [0.25, 0.3) is 5.91 Å². The lowest BCUT2D eigenvalue weighted by Gasteiger charge is -2.30. The van der Waals surface area contributed by atoms with Gasteiger partial charge in [-0.3, -0.25) is 4.79 Å². The summed E-state index contributed by atoms with van der Waals surface area (Å²) in [6, 6.07) is 16.1. The molecule has 9 nitrogen and oxygen atoms in total. The van der Waals surface area contributed by atoms with E-state index in [9.17, 15) is 19.5 Å². The number of ether oxygens (including phenoxy) is 1. The first-order valence-corrected chi connectivity index (χ1v) is 11.5. The Morgan fingerprint density at radius 1 is 1.14 bits per heavy atom. The Hall–Kier alpha value is -4.14. The topological polar surface area (TPSA) is 122 Å². The number of carbonyl (C=O) groups is 3. The average Bonchev–Trinajstić information content (AvgIpc) is 3.57. The normalized spacial score (nSPS) is 18.7. The number of alkyl carbamates (subject to hydrolysis) is 1. The molecule has 1 unspecified atom stereocenters. The third kappa shape index (κ3) is 3.92. The average molecular weight is 476 g/mol. The van der Waals surface area contributed by atoms with Crippen LogP contribution in [0, 0.1) is 0 Å². The molecule has 180 valence electrons. The number of rotatable bonds is 6. The summed E-state index contributed by atoms with van der Waals surface area (Å²) in [4.78, 5) is 38.6. The zero-order chi connectivity index (χ0) is 24.6. The number of nitrogens with zero attached hydrogens (tertiary/aromatic N) is 2. The second-order valence-corrected chi connectivity index (χ2v) is 8.99. The van der Waals surface area contributed by atoms with Gasteiger partial charge in [-0.25, -0.2) is 9.59 Å². The van der Waals surface area contributed by atoms with Gasteiger partial charge in [0.1, 0.15) is 29.7 Å². The maximum Gasteiger partial charge on any atom is 0.407 e. The number of hydrogen-bond donors (Lipinski definition) is 2. The molecule has 0 spiro atoms. The van der Waals surface area contributed by atoms with Gasteiger partial charge in [0.15, 0.2) is 0 Å². The van der Waals surface area contributed by atoms with Gasteiger partial charge in [-0.15, -0.1) is 0 Å². The van der Waals surface area contributed by atoms with E-state index in [0.717, 1.165) is 22.3 Å². The van der Waals surface area contributed by atoms with Crippen molar-refractivity contribution in [3.8, 4) is 11.1 Å². The van der Waals surface area contributed by atoms with Crippen LogP contribution < -0.4 is 5.32 Å². The molecule has 1 atom stereocenters. The van der Waals surface area contributed by atoms with Gasteiger partial charge in [0.05, 0.1) is 6.54 Å². The molecule has 1 saturated heterocycles. The molecule has 2 aliphatic rings. The number of aliphatic carboxylic acids is 1.